The van der Waals surface area contributed by atoms with Gasteiger partial charge in [-0.1, -0.05) is 0 Å². The first kappa shape index (κ1) is 14.0. The van der Waals surface area contributed by atoms with Crippen molar-refractivity contribution in [3.05, 3.63) is 16.1 Å². The van der Waals surface area contributed by atoms with Gasteiger partial charge in [0.25, 0.3) is 0 Å². The van der Waals surface area contributed by atoms with Gasteiger partial charge in [0.15, 0.2) is 0 Å². The SMILES string of the molecule is Cc1csc(CCCCNC(=O)[C@H]2C[C@@H]2C(=O)O)n1. The molecule has 0 aromatic carbocycles. The van der Waals surface area contributed by atoms with Crippen LogP contribution >= 0.6 is 11.3 Å². The lowest BCUT2D eigenvalue weighted by Gasteiger charge is -2.03. The molecule has 1 aromatic rings. The lowest BCUT2D eigenvalue weighted by Crippen LogP contribution is -2.27. The van der Waals surface area contributed by atoms with Gasteiger partial charge in [0, 0.05) is 17.6 Å². The fourth-order valence-corrected chi connectivity index (χ4v) is 2.84. The number of aromatic nitrogens is 1. The Hall–Kier alpha value is -1.43. The molecule has 2 atom stereocenters. The number of nitrogens with zero attached hydrogens (tertiary/aromatic N) is 1. The molecule has 0 saturated heterocycles. The Bertz CT molecular complexity index is 472. The average molecular weight is 282 g/mol. The van der Waals surface area contributed by atoms with E-state index in [-0.39, 0.29) is 11.8 Å². The molecule has 1 saturated carbocycles. The molecule has 2 N–H and O–H groups in total. The fourth-order valence-electron chi connectivity index (χ4n) is 2.02. The predicted molar refractivity (Wildman–Crippen MR) is 72.0 cm³/mol. The van der Waals surface area contributed by atoms with E-state index in [0.717, 1.165) is 30.0 Å². The summed E-state index contributed by atoms with van der Waals surface area (Å²) in [4.78, 5) is 26.6. The summed E-state index contributed by atoms with van der Waals surface area (Å²) < 4.78 is 0. The van der Waals surface area contributed by atoms with Crippen molar-refractivity contribution in [2.45, 2.75) is 32.6 Å². The van der Waals surface area contributed by atoms with Crippen LogP contribution in [0.25, 0.3) is 0 Å². The molecule has 0 radical (unpaired) electrons. The number of nitrogens with one attached hydrogen (secondary N) is 1. The van der Waals surface area contributed by atoms with Crippen molar-refractivity contribution >= 4 is 23.2 Å². The van der Waals surface area contributed by atoms with Gasteiger partial charge in [0.2, 0.25) is 5.91 Å². The highest BCUT2D eigenvalue weighted by Gasteiger charge is 2.48. The Morgan fingerprint density at radius 1 is 1.47 bits per heavy atom. The molecule has 1 aromatic heterocycles. The Balaban J connectivity index is 1.55. The maximum absolute atomic E-state index is 11.6. The van der Waals surface area contributed by atoms with Gasteiger partial charge in [-0.3, -0.25) is 9.59 Å². The Morgan fingerprint density at radius 3 is 2.84 bits per heavy atom. The number of hydrogen-bond acceptors (Lipinski definition) is 4. The molecule has 0 bridgehead atoms. The van der Waals surface area contributed by atoms with Crippen molar-refractivity contribution in [1.82, 2.24) is 10.3 Å². The highest BCUT2D eigenvalue weighted by atomic mass is 32.1. The second-order valence-corrected chi connectivity index (χ2v) is 5.86. The van der Waals surface area contributed by atoms with Crippen LogP contribution in [0.1, 0.15) is 30.0 Å². The molecule has 0 spiro atoms. The molecule has 104 valence electrons. The van der Waals surface area contributed by atoms with Crippen LogP contribution in [0.4, 0.5) is 0 Å². The lowest BCUT2D eigenvalue weighted by atomic mass is 10.2. The monoisotopic (exact) mass is 282 g/mol. The van der Waals surface area contributed by atoms with Crippen LogP contribution in [0.15, 0.2) is 5.38 Å². The predicted octanol–water partition coefficient (Wildman–Crippen LogP) is 1.61. The first-order chi connectivity index (χ1) is 9.08. The van der Waals surface area contributed by atoms with Crippen molar-refractivity contribution in [2.75, 3.05) is 6.54 Å². The summed E-state index contributed by atoms with van der Waals surface area (Å²) in [5, 5.41) is 14.7. The van der Waals surface area contributed by atoms with Gasteiger partial charge in [-0.05, 0) is 32.6 Å². The summed E-state index contributed by atoms with van der Waals surface area (Å²) in [7, 11) is 0. The van der Waals surface area contributed by atoms with Gasteiger partial charge in [0.05, 0.1) is 16.8 Å². The summed E-state index contributed by atoms with van der Waals surface area (Å²) >= 11 is 1.67. The van der Waals surface area contributed by atoms with Gasteiger partial charge in [-0.25, -0.2) is 4.98 Å². The van der Waals surface area contributed by atoms with Crippen molar-refractivity contribution in [2.24, 2.45) is 11.8 Å². The molecule has 5 nitrogen and oxygen atoms in total. The number of amides is 1. The number of unbranched alkanes of at least 4 members (excludes halogenated alkanes) is 1. The third-order valence-corrected chi connectivity index (χ3v) is 4.25. The fraction of sp³-hybridized carbons (Fsp3) is 0.615. The van der Waals surface area contributed by atoms with Crippen LogP contribution in [-0.2, 0) is 16.0 Å². The van der Waals surface area contributed by atoms with Gasteiger partial charge in [-0.2, -0.15) is 0 Å². The zero-order valence-electron chi connectivity index (χ0n) is 10.9. The van der Waals surface area contributed by atoms with Crippen LogP contribution < -0.4 is 5.32 Å². The third kappa shape index (κ3) is 4.02. The molecular weight excluding hydrogens is 264 g/mol. The van der Waals surface area contributed by atoms with Crippen LogP contribution in [0.5, 0.6) is 0 Å². The Morgan fingerprint density at radius 2 is 2.26 bits per heavy atom. The van der Waals surface area contributed by atoms with E-state index < -0.39 is 11.9 Å². The third-order valence-electron chi connectivity index (χ3n) is 3.23. The average Bonchev–Trinajstić information content (AvgIpc) is 3.07. The first-order valence-corrected chi connectivity index (χ1v) is 7.37. The minimum absolute atomic E-state index is 0.113. The van der Waals surface area contributed by atoms with Crippen LogP contribution in [0.3, 0.4) is 0 Å². The minimum atomic E-state index is -0.862. The number of rotatable bonds is 7. The summed E-state index contributed by atoms with van der Waals surface area (Å²) in [6, 6.07) is 0. The molecule has 1 amide bonds. The summed E-state index contributed by atoms with van der Waals surface area (Å²) in [5.41, 5.74) is 1.06. The normalized spacial score (nSPS) is 21.1. The van der Waals surface area contributed by atoms with E-state index in [2.05, 4.69) is 10.3 Å². The number of carboxylic acid groups (broad SMARTS) is 1. The number of aryl methyl sites for hydroxylation is 2. The standard InChI is InChI=1S/C13H18N2O3S/c1-8-7-19-11(15-8)4-2-3-5-14-12(16)9-6-10(9)13(17)18/h7,9-10H,2-6H2,1H3,(H,14,16)(H,17,18)/t9-,10-/m0/s1. The van der Waals surface area contributed by atoms with Gasteiger partial charge in [-0.15, -0.1) is 11.3 Å². The summed E-state index contributed by atoms with van der Waals surface area (Å²) in [6.45, 7) is 2.60. The topological polar surface area (TPSA) is 79.3 Å². The number of carboxylic acids is 1. The van der Waals surface area contributed by atoms with Crippen molar-refractivity contribution < 1.29 is 14.7 Å². The molecule has 19 heavy (non-hydrogen) atoms. The lowest BCUT2D eigenvalue weighted by molar-refractivity contribution is -0.140. The van der Waals surface area contributed by atoms with E-state index in [1.54, 1.807) is 11.3 Å². The molecule has 1 heterocycles. The van der Waals surface area contributed by atoms with Crippen LogP contribution in [0.2, 0.25) is 0 Å². The van der Waals surface area contributed by atoms with E-state index in [1.165, 1.54) is 0 Å². The van der Waals surface area contributed by atoms with E-state index in [1.807, 2.05) is 12.3 Å². The van der Waals surface area contributed by atoms with E-state index in [4.69, 9.17) is 5.11 Å². The maximum atomic E-state index is 11.6. The zero-order valence-corrected chi connectivity index (χ0v) is 11.7. The van der Waals surface area contributed by atoms with Gasteiger partial charge in [0.1, 0.15) is 0 Å². The summed E-state index contributed by atoms with van der Waals surface area (Å²) in [6.07, 6.45) is 3.31. The summed E-state index contributed by atoms with van der Waals surface area (Å²) in [5.74, 6) is -1.74. The number of aliphatic carboxylic acids is 1. The van der Waals surface area contributed by atoms with Crippen molar-refractivity contribution in [1.29, 1.82) is 0 Å². The van der Waals surface area contributed by atoms with Crippen molar-refractivity contribution in [3.8, 4) is 0 Å². The smallest absolute Gasteiger partial charge is 0.307 e. The molecule has 6 heteroatoms. The quantitative estimate of drug-likeness (QED) is 0.745. The van der Waals surface area contributed by atoms with E-state index >= 15 is 0 Å². The zero-order chi connectivity index (χ0) is 13.8. The van der Waals surface area contributed by atoms with Gasteiger partial charge >= 0.3 is 5.97 Å². The molecule has 1 fully saturated rings. The maximum Gasteiger partial charge on any atom is 0.307 e. The van der Waals surface area contributed by atoms with Gasteiger partial charge < -0.3 is 10.4 Å². The Kier molecular flexibility index (Phi) is 4.52. The molecule has 2 rings (SSSR count). The molecule has 1 aliphatic rings. The molecular formula is C13H18N2O3S. The van der Waals surface area contributed by atoms with E-state index in [9.17, 15) is 9.59 Å². The number of hydrogen-bond donors (Lipinski definition) is 2. The highest BCUT2D eigenvalue weighted by molar-refractivity contribution is 7.09. The second kappa shape index (κ2) is 6.14. The molecule has 0 unspecified atom stereocenters. The number of carbonyl (C=O) groups excluding carboxylic acids is 1. The minimum Gasteiger partial charge on any atom is -0.481 e. The largest absolute Gasteiger partial charge is 0.481 e. The van der Waals surface area contributed by atoms with E-state index in [0.29, 0.717) is 13.0 Å². The Labute approximate surface area is 116 Å². The first-order valence-electron chi connectivity index (χ1n) is 6.49. The highest BCUT2D eigenvalue weighted by Crippen LogP contribution is 2.38. The van der Waals surface area contributed by atoms with Crippen LogP contribution in [-0.4, -0.2) is 28.5 Å². The molecule has 1 aliphatic carbocycles. The second-order valence-electron chi connectivity index (χ2n) is 4.92. The van der Waals surface area contributed by atoms with Crippen LogP contribution in [0, 0.1) is 18.8 Å². The molecule has 0 aliphatic heterocycles. The number of thiazole rings is 1. The van der Waals surface area contributed by atoms with Crippen molar-refractivity contribution in [3.63, 3.8) is 0 Å². The number of carbonyl (C=O) groups is 2.